The molecule has 1 amide bonds. The van der Waals surface area contributed by atoms with Crippen molar-refractivity contribution in [3.05, 3.63) is 51.9 Å². The standard InChI is InChI=1S/C15H16N2O3S2/c1-9-8-13(22(16,19)20)21-14(9)15(18)17-12-7-6-10-4-2-3-5-11(10)12/h2-5,8,12H,6-7H2,1H3,(H,17,18)(H2,16,19,20). The topological polar surface area (TPSA) is 89.3 Å². The fourth-order valence-corrected chi connectivity index (χ4v) is 4.61. The third kappa shape index (κ3) is 2.79. The molecule has 0 aliphatic heterocycles. The van der Waals surface area contributed by atoms with Crippen LogP contribution in [0.25, 0.3) is 0 Å². The Morgan fingerprint density at radius 2 is 2.09 bits per heavy atom. The summed E-state index contributed by atoms with van der Waals surface area (Å²) in [6.45, 7) is 1.71. The normalized spacial score (nSPS) is 17.3. The van der Waals surface area contributed by atoms with Crippen LogP contribution < -0.4 is 10.5 Å². The van der Waals surface area contributed by atoms with Gasteiger partial charge in [-0.05, 0) is 42.5 Å². The highest BCUT2D eigenvalue weighted by atomic mass is 32.2. The Labute approximate surface area is 133 Å². The van der Waals surface area contributed by atoms with Gasteiger partial charge in [-0.3, -0.25) is 4.79 Å². The maximum Gasteiger partial charge on any atom is 0.262 e. The molecule has 1 heterocycles. The largest absolute Gasteiger partial charge is 0.345 e. The monoisotopic (exact) mass is 336 g/mol. The fraction of sp³-hybridized carbons (Fsp3) is 0.267. The molecule has 0 saturated heterocycles. The van der Waals surface area contributed by atoms with Crippen LogP contribution in [0, 0.1) is 6.92 Å². The minimum atomic E-state index is -3.78. The fourth-order valence-electron chi connectivity index (χ4n) is 2.75. The number of nitrogens with one attached hydrogen (secondary N) is 1. The number of aryl methyl sites for hydroxylation is 2. The van der Waals surface area contributed by atoms with Gasteiger partial charge in [0.15, 0.2) is 0 Å². The first-order valence-corrected chi connectivity index (χ1v) is 9.24. The Hall–Kier alpha value is -1.70. The number of thiophene rings is 1. The lowest BCUT2D eigenvalue weighted by atomic mass is 10.1. The maximum absolute atomic E-state index is 12.4. The zero-order valence-electron chi connectivity index (χ0n) is 12.0. The summed E-state index contributed by atoms with van der Waals surface area (Å²) in [4.78, 5) is 12.8. The zero-order valence-corrected chi connectivity index (χ0v) is 13.6. The molecule has 22 heavy (non-hydrogen) atoms. The van der Waals surface area contributed by atoms with E-state index in [-0.39, 0.29) is 16.2 Å². The second-order valence-electron chi connectivity index (χ2n) is 5.39. The predicted molar refractivity (Wildman–Crippen MR) is 85.4 cm³/mol. The molecule has 3 N–H and O–H groups in total. The minimum Gasteiger partial charge on any atom is -0.345 e. The van der Waals surface area contributed by atoms with Gasteiger partial charge in [0.05, 0.1) is 10.9 Å². The van der Waals surface area contributed by atoms with Crippen molar-refractivity contribution >= 4 is 27.3 Å². The van der Waals surface area contributed by atoms with Gasteiger partial charge in [-0.1, -0.05) is 24.3 Å². The highest BCUT2D eigenvalue weighted by Gasteiger charge is 2.26. The first-order valence-electron chi connectivity index (χ1n) is 6.88. The summed E-state index contributed by atoms with van der Waals surface area (Å²) in [5.41, 5.74) is 3.01. The van der Waals surface area contributed by atoms with E-state index in [0.717, 1.165) is 29.7 Å². The van der Waals surface area contributed by atoms with Crippen molar-refractivity contribution in [2.75, 3.05) is 0 Å². The number of benzene rings is 1. The van der Waals surface area contributed by atoms with Crippen LogP contribution in [0.1, 0.15) is 38.8 Å². The van der Waals surface area contributed by atoms with Crippen LogP contribution in [0.15, 0.2) is 34.5 Å². The van der Waals surface area contributed by atoms with E-state index < -0.39 is 10.0 Å². The van der Waals surface area contributed by atoms with Gasteiger partial charge in [0.1, 0.15) is 4.21 Å². The molecular weight excluding hydrogens is 320 g/mol. The lowest BCUT2D eigenvalue weighted by Gasteiger charge is -2.13. The number of fused-ring (bicyclic) bond motifs is 1. The van der Waals surface area contributed by atoms with Crippen molar-refractivity contribution in [1.29, 1.82) is 0 Å². The van der Waals surface area contributed by atoms with Gasteiger partial charge in [-0.15, -0.1) is 11.3 Å². The summed E-state index contributed by atoms with van der Waals surface area (Å²) < 4.78 is 22.8. The molecule has 0 radical (unpaired) electrons. The van der Waals surface area contributed by atoms with Crippen LogP contribution >= 0.6 is 11.3 Å². The Kier molecular flexibility index (Phi) is 3.80. The number of primary sulfonamides is 1. The smallest absolute Gasteiger partial charge is 0.262 e. The van der Waals surface area contributed by atoms with Crippen LogP contribution in [0.4, 0.5) is 0 Å². The summed E-state index contributed by atoms with van der Waals surface area (Å²) in [5.74, 6) is -0.251. The molecule has 7 heteroatoms. The van der Waals surface area contributed by atoms with Crippen molar-refractivity contribution in [2.45, 2.75) is 30.0 Å². The Balaban J connectivity index is 1.83. The van der Waals surface area contributed by atoms with E-state index in [4.69, 9.17) is 5.14 Å². The highest BCUT2D eigenvalue weighted by molar-refractivity contribution is 7.91. The highest BCUT2D eigenvalue weighted by Crippen LogP contribution is 2.32. The Morgan fingerprint density at radius 1 is 1.36 bits per heavy atom. The number of amides is 1. The van der Waals surface area contributed by atoms with Crippen molar-refractivity contribution in [1.82, 2.24) is 5.32 Å². The first kappa shape index (κ1) is 15.2. The lowest BCUT2D eigenvalue weighted by molar-refractivity contribution is 0.0940. The van der Waals surface area contributed by atoms with E-state index in [9.17, 15) is 13.2 Å². The number of hydrogen-bond donors (Lipinski definition) is 2. The van der Waals surface area contributed by atoms with Crippen LogP contribution in [0.5, 0.6) is 0 Å². The van der Waals surface area contributed by atoms with Gasteiger partial charge in [0.2, 0.25) is 10.0 Å². The molecule has 116 valence electrons. The Bertz CT molecular complexity index is 840. The third-order valence-electron chi connectivity index (χ3n) is 3.82. The minimum absolute atomic E-state index is 0.0157. The molecule has 0 fully saturated rings. The predicted octanol–water partition coefficient (Wildman–Crippen LogP) is 2.12. The van der Waals surface area contributed by atoms with E-state index in [1.54, 1.807) is 6.92 Å². The summed E-state index contributed by atoms with van der Waals surface area (Å²) in [6.07, 6.45) is 1.80. The molecule has 5 nitrogen and oxygen atoms in total. The molecule has 0 spiro atoms. The van der Waals surface area contributed by atoms with Gasteiger partial charge >= 0.3 is 0 Å². The first-order chi connectivity index (χ1) is 10.4. The van der Waals surface area contributed by atoms with E-state index in [0.29, 0.717) is 10.4 Å². The van der Waals surface area contributed by atoms with Gasteiger partial charge in [0, 0.05) is 0 Å². The lowest BCUT2D eigenvalue weighted by Crippen LogP contribution is -2.26. The van der Waals surface area contributed by atoms with Gasteiger partial charge < -0.3 is 5.32 Å². The summed E-state index contributed by atoms with van der Waals surface area (Å²) in [6, 6.07) is 9.45. The van der Waals surface area contributed by atoms with Crippen molar-refractivity contribution in [2.24, 2.45) is 5.14 Å². The molecular formula is C15H16N2O3S2. The quantitative estimate of drug-likeness (QED) is 0.900. The van der Waals surface area contributed by atoms with E-state index in [1.807, 2.05) is 18.2 Å². The second-order valence-corrected chi connectivity index (χ2v) is 8.23. The number of carbonyl (C=O) groups is 1. The van der Waals surface area contributed by atoms with Crippen molar-refractivity contribution in [3.63, 3.8) is 0 Å². The summed E-state index contributed by atoms with van der Waals surface area (Å²) >= 11 is 0.914. The van der Waals surface area contributed by atoms with E-state index in [1.165, 1.54) is 11.6 Å². The van der Waals surface area contributed by atoms with E-state index >= 15 is 0 Å². The SMILES string of the molecule is Cc1cc(S(N)(=O)=O)sc1C(=O)NC1CCc2ccccc21. The van der Waals surface area contributed by atoms with Crippen molar-refractivity contribution < 1.29 is 13.2 Å². The number of sulfonamides is 1. The third-order valence-corrected chi connectivity index (χ3v) is 6.48. The second kappa shape index (κ2) is 5.49. The van der Waals surface area contributed by atoms with Crippen LogP contribution in [-0.2, 0) is 16.4 Å². The zero-order chi connectivity index (χ0) is 15.9. The molecule has 1 aromatic carbocycles. The van der Waals surface area contributed by atoms with Crippen molar-refractivity contribution in [3.8, 4) is 0 Å². The average molecular weight is 336 g/mol. The number of hydrogen-bond acceptors (Lipinski definition) is 4. The molecule has 3 rings (SSSR count). The maximum atomic E-state index is 12.4. The molecule has 1 aliphatic rings. The molecule has 2 aromatic rings. The molecule has 0 saturated carbocycles. The molecule has 1 aliphatic carbocycles. The summed E-state index contributed by atoms with van der Waals surface area (Å²) in [5, 5.41) is 8.11. The number of nitrogens with two attached hydrogens (primary N) is 1. The van der Waals surface area contributed by atoms with E-state index in [2.05, 4.69) is 11.4 Å². The molecule has 1 aromatic heterocycles. The van der Waals surface area contributed by atoms with Gasteiger partial charge in [0.25, 0.3) is 5.91 Å². The molecule has 1 unspecified atom stereocenters. The average Bonchev–Trinajstić information content (AvgIpc) is 3.03. The van der Waals surface area contributed by atoms with Gasteiger partial charge in [-0.2, -0.15) is 0 Å². The van der Waals surface area contributed by atoms with Gasteiger partial charge in [-0.25, -0.2) is 13.6 Å². The number of carbonyl (C=O) groups excluding carboxylic acids is 1. The molecule has 1 atom stereocenters. The van der Waals surface area contributed by atoms with Crippen LogP contribution in [0.2, 0.25) is 0 Å². The summed E-state index contributed by atoms with van der Waals surface area (Å²) in [7, 11) is -3.78. The van der Waals surface area contributed by atoms with Crippen LogP contribution in [-0.4, -0.2) is 14.3 Å². The Morgan fingerprint density at radius 3 is 2.77 bits per heavy atom. The molecule has 0 bridgehead atoms. The van der Waals surface area contributed by atoms with Crippen LogP contribution in [0.3, 0.4) is 0 Å². The number of rotatable bonds is 3.